The number of anilines is 2. The number of aromatic nitrogens is 5. The molecule has 0 saturated carbocycles. The Morgan fingerprint density at radius 3 is 2.51 bits per heavy atom. The van der Waals surface area contributed by atoms with E-state index in [9.17, 15) is 4.39 Å². The van der Waals surface area contributed by atoms with Crippen molar-refractivity contribution in [3.05, 3.63) is 66.0 Å². The summed E-state index contributed by atoms with van der Waals surface area (Å²) in [6.07, 6.45) is 6.75. The van der Waals surface area contributed by atoms with Crippen LogP contribution < -0.4 is 5.32 Å². The highest BCUT2D eigenvalue weighted by Gasteiger charge is 2.16. The molecule has 0 aromatic carbocycles. The van der Waals surface area contributed by atoms with Gasteiger partial charge in [-0.15, -0.1) is 0 Å². The largest absolute Gasteiger partial charge is 0.309 e. The van der Waals surface area contributed by atoms with E-state index < -0.39 is 5.82 Å². The van der Waals surface area contributed by atoms with Gasteiger partial charge < -0.3 is 10.2 Å². The molecule has 5 heterocycles. The van der Waals surface area contributed by atoms with Gasteiger partial charge in [0.05, 0.1) is 17.9 Å². The summed E-state index contributed by atoms with van der Waals surface area (Å²) in [4.78, 5) is 18.0. The number of pyridine rings is 2. The Kier molecular flexibility index (Phi) is 6.70. The molecule has 0 bridgehead atoms. The van der Waals surface area contributed by atoms with Crippen molar-refractivity contribution in [2.75, 3.05) is 38.0 Å². The van der Waals surface area contributed by atoms with Crippen LogP contribution in [0.1, 0.15) is 37.8 Å². The van der Waals surface area contributed by atoms with E-state index in [1.807, 2.05) is 36.8 Å². The monoisotopic (exact) mass is 474 g/mol. The minimum atomic E-state index is -0.475. The normalized spacial score (nSPS) is 15.2. The van der Waals surface area contributed by atoms with Gasteiger partial charge in [-0.3, -0.25) is 4.90 Å². The number of hydrogen-bond donors (Lipinski definition) is 1. The predicted octanol–water partition coefficient (Wildman–Crippen LogP) is 4.33. The first-order chi connectivity index (χ1) is 17.0. The number of nitrogens with one attached hydrogen (secondary N) is 1. The Balaban J connectivity index is 1.30. The van der Waals surface area contributed by atoms with E-state index in [1.165, 1.54) is 6.20 Å². The zero-order valence-corrected chi connectivity index (χ0v) is 20.4. The van der Waals surface area contributed by atoms with Crippen LogP contribution in [0, 0.1) is 5.82 Å². The summed E-state index contributed by atoms with van der Waals surface area (Å²) in [5.74, 6) is 0.757. The maximum absolute atomic E-state index is 14.7. The highest BCUT2D eigenvalue weighted by molar-refractivity contribution is 5.69. The molecule has 1 saturated heterocycles. The summed E-state index contributed by atoms with van der Waals surface area (Å²) in [5.41, 5.74) is 4.13. The lowest BCUT2D eigenvalue weighted by molar-refractivity contribution is 0.132. The van der Waals surface area contributed by atoms with E-state index in [-0.39, 0.29) is 5.69 Å². The van der Waals surface area contributed by atoms with Gasteiger partial charge in [0.1, 0.15) is 11.5 Å². The van der Waals surface area contributed by atoms with Crippen LogP contribution in [0.25, 0.3) is 16.8 Å². The van der Waals surface area contributed by atoms with Crippen LogP contribution in [-0.4, -0.2) is 67.1 Å². The number of hydrogen-bond acceptors (Lipinski definition) is 7. The Morgan fingerprint density at radius 2 is 1.80 bits per heavy atom. The van der Waals surface area contributed by atoms with Crippen LogP contribution >= 0.6 is 0 Å². The van der Waals surface area contributed by atoms with Gasteiger partial charge >= 0.3 is 0 Å². The van der Waals surface area contributed by atoms with E-state index in [2.05, 4.69) is 62.0 Å². The highest BCUT2D eigenvalue weighted by Crippen LogP contribution is 2.27. The molecule has 1 aliphatic rings. The number of rotatable bonds is 7. The molecule has 9 heteroatoms. The van der Waals surface area contributed by atoms with E-state index in [0.717, 1.165) is 55.9 Å². The van der Waals surface area contributed by atoms with Crippen molar-refractivity contribution >= 4 is 17.3 Å². The van der Waals surface area contributed by atoms with Crippen molar-refractivity contribution in [3.63, 3.8) is 0 Å². The van der Waals surface area contributed by atoms with Crippen LogP contribution in [0.2, 0.25) is 0 Å². The predicted molar refractivity (Wildman–Crippen MR) is 135 cm³/mol. The van der Waals surface area contributed by atoms with Gasteiger partial charge in [0, 0.05) is 56.2 Å². The van der Waals surface area contributed by atoms with Crippen molar-refractivity contribution in [2.24, 2.45) is 0 Å². The summed E-state index contributed by atoms with van der Waals surface area (Å²) in [5, 5.41) is 7.50. The average Bonchev–Trinajstić information content (AvgIpc) is 3.30. The molecule has 1 N–H and O–H groups in total. The second-order valence-corrected chi connectivity index (χ2v) is 9.28. The van der Waals surface area contributed by atoms with Gasteiger partial charge in [0.15, 0.2) is 5.82 Å². The van der Waals surface area contributed by atoms with Crippen LogP contribution in [0.15, 0.2) is 49.1 Å². The summed E-state index contributed by atoms with van der Waals surface area (Å²) in [6.45, 7) is 12.8. The fourth-order valence-electron chi connectivity index (χ4n) is 4.45. The van der Waals surface area contributed by atoms with E-state index >= 15 is 0 Å². The maximum atomic E-state index is 14.7. The van der Waals surface area contributed by atoms with E-state index in [4.69, 9.17) is 0 Å². The quantitative estimate of drug-likeness (QED) is 0.427. The number of likely N-dealkylation sites (N-methyl/N-ethyl adjacent to an activating group) is 1. The molecule has 0 spiro atoms. The number of halogens is 1. The molecule has 4 aromatic heterocycles. The van der Waals surface area contributed by atoms with Crippen LogP contribution in [0.5, 0.6) is 0 Å². The van der Waals surface area contributed by atoms with Crippen LogP contribution in [0.4, 0.5) is 16.2 Å². The molecule has 0 unspecified atom stereocenters. The van der Waals surface area contributed by atoms with Gasteiger partial charge in [0.2, 0.25) is 5.95 Å². The minimum Gasteiger partial charge on any atom is -0.309 e. The molecule has 0 atom stereocenters. The third kappa shape index (κ3) is 5.16. The van der Waals surface area contributed by atoms with Crippen molar-refractivity contribution in [3.8, 4) is 11.3 Å². The zero-order chi connectivity index (χ0) is 24.4. The Morgan fingerprint density at radius 1 is 1.00 bits per heavy atom. The summed E-state index contributed by atoms with van der Waals surface area (Å²) < 4.78 is 16.5. The maximum Gasteiger partial charge on any atom is 0.229 e. The average molecular weight is 475 g/mol. The molecule has 5 rings (SSSR count). The van der Waals surface area contributed by atoms with Crippen molar-refractivity contribution in [2.45, 2.75) is 33.2 Å². The first-order valence-corrected chi connectivity index (χ1v) is 12.2. The van der Waals surface area contributed by atoms with Crippen molar-refractivity contribution < 1.29 is 4.39 Å². The SMILES string of the molecule is CCN1CCN(Cc2ccc(Nc3ncc(F)c(-c4ccn5ncc(C(C)C)c5c4)n3)nc2)CC1. The first-order valence-electron chi connectivity index (χ1n) is 12.2. The molecule has 1 fully saturated rings. The van der Waals surface area contributed by atoms with E-state index in [0.29, 0.717) is 23.2 Å². The third-order valence-corrected chi connectivity index (χ3v) is 6.57. The lowest BCUT2D eigenvalue weighted by atomic mass is 10.0. The zero-order valence-electron chi connectivity index (χ0n) is 20.4. The fraction of sp³-hybridized carbons (Fsp3) is 0.385. The smallest absolute Gasteiger partial charge is 0.229 e. The van der Waals surface area contributed by atoms with Gasteiger partial charge in [-0.1, -0.05) is 26.8 Å². The number of piperazine rings is 1. The van der Waals surface area contributed by atoms with Crippen molar-refractivity contribution in [1.29, 1.82) is 0 Å². The minimum absolute atomic E-state index is 0.240. The number of fused-ring (bicyclic) bond motifs is 1. The third-order valence-electron chi connectivity index (χ3n) is 6.57. The molecule has 4 aromatic rings. The lowest BCUT2D eigenvalue weighted by Crippen LogP contribution is -2.45. The molecule has 0 aliphatic carbocycles. The Labute approximate surface area is 204 Å². The molecular weight excluding hydrogens is 443 g/mol. The molecule has 8 nitrogen and oxygen atoms in total. The highest BCUT2D eigenvalue weighted by atomic mass is 19.1. The van der Waals surface area contributed by atoms with Gasteiger partial charge in [-0.2, -0.15) is 5.10 Å². The van der Waals surface area contributed by atoms with Gasteiger partial charge in [-0.25, -0.2) is 23.9 Å². The topological polar surface area (TPSA) is 74.5 Å². The molecule has 35 heavy (non-hydrogen) atoms. The molecule has 0 amide bonds. The van der Waals surface area contributed by atoms with E-state index in [1.54, 1.807) is 4.52 Å². The Bertz CT molecular complexity index is 1290. The van der Waals surface area contributed by atoms with Gasteiger partial charge in [-0.05, 0) is 36.2 Å². The second-order valence-electron chi connectivity index (χ2n) is 9.28. The summed E-state index contributed by atoms with van der Waals surface area (Å²) in [7, 11) is 0. The van der Waals surface area contributed by atoms with Crippen LogP contribution in [0.3, 0.4) is 0 Å². The first kappa shape index (κ1) is 23.3. The van der Waals surface area contributed by atoms with Gasteiger partial charge in [0.25, 0.3) is 0 Å². The lowest BCUT2D eigenvalue weighted by Gasteiger charge is -2.33. The van der Waals surface area contributed by atoms with Crippen LogP contribution in [-0.2, 0) is 6.54 Å². The summed E-state index contributed by atoms with van der Waals surface area (Å²) >= 11 is 0. The number of nitrogens with zero attached hydrogens (tertiary/aromatic N) is 7. The Hall–Kier alpha value is -3.43. The molecule has 1 aliphatic heterocycles. The molecular formula is C26H31FN8. The standard InChI is InChI=1S/C26H31FN8/c1-4-33-9-11-34(12-10-33)17-19-5-6-24(28-14-19)31-26-29-16-22(27)25(32-26)20-7-8-35-23(13-20)21(15-30-35)18(2)3/h5-8,13-16,18H,4,9-12,17H2,1-3H3,(H,28,29,31,32). The molecule has 0 radical (unpaired) electrons. The summed E-state index contributed by atoms with van der Waals surface area (Å²) in [6, 6.07) is 7.71. The fourth-order valence-corrected chi connectivity index (χ4v) is 4.45. The molecule has 182 valence electrons. The van der Waals surface area contributed by atoms with Crippen molar-refractivity contribution in [1.82, 2.24) is 34.4 Å². The second kappa shape index (κ2) is 10.1.